The maximum Gasteiger partial charge on any atom is 0.0245 e. The van der Waals surface area contributed by atoms with Crippen molar-refractivity contribution in [3.63, 3.8) is 0 Å². The fraction of sp³-hybridized carbons (Fsp3) is 0.333. The lowest BCUT2D eigenvalue weighted by Gasteiger charge is -2.27. The SMILES string of the molecule is CN(Cc1ccccc1Br)C(CN)CCc1ccccc1. The summed E-state index contributed by atoms with van der Waals surface area (Å²) in [6.45, 7) is 1.60. The van der Waals surface area contributed by atoms with Crippen LogP contribution in [0, 0.1) is 0 Å². The second kappa shape index (κ2) is 8.32. The molecule has 2 N–H and O–H groups in total. The highest BCUT2D eigenvalue weighted by Gasteiger charge is 2.14. The summed E-state index contributed by atoms with van der Waals surface area (Å²) in [5, 5.41) is 0. The van der Waals surface area contributed by atoms with Gasteiger partial charge in [0, 0.05) is 23.6 Å². The van der Waals surface area contributed by atoms with E-state index in [1.165, 1.54) is 11.1 Å². The van der Waals surface area contributed by atoms with Gasteiger partial charge in [0.25, 0.3) is 0 Å². The van der Waals surface area contributed by atoms with Gasteiger partial charge in [-0.05, 0) is 37.1 Å². The molecule has 2 aromatic rings. The zero-order valence-electron chi connectivity index (χ0n) is 12.5. The molecule has 0 saturated heterocycles. The minimum atomic E-state index is 0.400. The molecule has 0 aliphatic heterocycles. The number of rotatable bonds is 7. The molecule has 112 valence electrons. The summed E-state index contributed by atoms with van der Waals surface area (Å²) in [7, 11) is 2.15. The Hall–Kier alpha value is -1.16. The van der Waals surface area contributed by atoms with Crippen LogP contribution in [0.15, 0.2) is 59.1 Å². The van der Waals surface area contributed by atoms with Crippen LogP contribution in [0.2, 0.25) is 0 Å². The first-order chi connectivity index (χ1) is 10.2. The molecule has 0 radical (unpaired) electrons. The third-order valence-electron chi connectivity index (χ3n) is 3.88. The van der Waals surface area contributed by atoms with Gasteiger partial charge in [0.2, 0.25) is 0 Å². The number of nitrogens with zero attached hydrogens (tertiary/aromatic N) is 1. The van der Waals surface area contributed by atoms with Gasteiger partial charge in [0.1, 0.15) is 0 Å². The molecule has 21 heavy (non-hydrogen) atoms. The first-order valence-electron chi connectivity index (χ1n) is 7.38. The molecule has 3 heteroatoms. The summed E-state index contributed by atoms with van der Waals surface area (Å²) in [6, 6.07) is 19.4. The summed E-state index contributed by atoms with van der Waals surface area (Å²) in [4.78, 5) is 2.35. The van der Waals surface area contributed by atoms with Crippen LogP contribution in [-0.2, 0) is 13.0 Å². The van der Waals surface area contributed by atoms with Crippen LogP contribution in [0.25, 0.3) is 0 Å². The molecule has 1 atom stereocenters. The van der Waals surface area contributed by atoms with Gasteiger partial charge >= 0.3 is 0 Å². The zero-order valence-corrected chi connectivity index (χ0v) is 14.1. The van der Waals surface area contributed by atoms with E-state index in [1.807, 2.05) is 6.07 Å². The highest BCUT2D eigenvalue weighted by Crippen LogP contribution is 2.19. The van der Waals surface area contributed by atoms with Crippen molar-refractivity contribution in [2.45, 2.75) is 25.4 Å². The Morgan fingerprint density at radius 3 is 2.38 bits per heavy atom. The maximum absolute atomic E-state index is 5.98. The molecular formula is C18H23BrN2. The molecule has 0 heterocycles. The predicted octanol–water partition coefficient (Wildman–Crippen LogP) is 3.84. The Morgan fingerprint density at radius 1 is 1.05 bits per heavy atom. The number of aryl methyl sites for hydroxylation is 1. The Morgan fingerprint density at radius 2 is 1.71 bits per heavy atom. The number of halogens is 1. The Kier molecular flexibility index (Phi) is 6.43. The van der Waals surface area contributed by atoms with Gasteiger partial charge < -0.3 is 5.73 Å². The van der Waals surface area contributed by atoms with E-state index in [2.05, 4.69) is 76.4 Å². The van der Waals surface area contributed by atoms with Crippen LogP contribution in [0.3, 0.4) is 0 Å². The third kappa shape index (κ3) is 4.95. The standard InChI is InChI=1S/C18H23BrN2/c1-21(14-16-9-5-6-10-18(16)19)17(13-20)12-11-15-7-3-2-4-8-15/h2-10,17H,11-14,20H2,1H3. The minimum Gasteiger partial charge on any atom is -0.329 e. The maximum atomic E-state index is 5.98. The van der Waals surface area contributed by atoms with E-state index in [9.17, 15) is 0 Å². The average molecular weight is 347 g/mol. The van der Waals surface area contributed by atoms with Gasteiger partial charge in [-0.1, -0.05) is 64.5 Å². The van der Waals surface area contributed by atoms with E-state index >= 15 is 0 Å². The molecule has 0 fully saturated rings. The molecule has 2 nitrogen and oxygen atoms in total. The fourth-order valence-corrected chi connectivity index (χ4v) is 2.93. The number of benzene rings is 2. The molecular weight excluding hydrogens is 324 g/mol. The van der Waals surface area contributed by atoms with Gasteiger partial charge in [0.05, 0.1) is 0 Å². The van der Waals surface area contributed by atoms with Crippen molar-refractivity contribution in [3.8, 4) is 0 Å². The lowest BCUT2D eigenvalue weighted by atomic mass is 10.0. The molecule has 0 aliphatic rings. The molecule has 2 aromatic carbocycles. The van der Waals surface area contributed by atoms with Gasteiger partial charge in [-0.25, -0.2) is 0 Å². The van der Waals surface area contributed by atoms with Crippen molar-refractivity contribution in [2.75, 3.05) is 13.6 Å². The second-order valence-electron chi connectivity index (χ2n) is 5.42. The molecule has 0 amide bonds. The smallest absolute Gasteiger partial charge is 0.0245 e. The highest BCUT2D eigenvalue weighted by molar-refractivity contribution is 9.10. The van der Waals surface area contributed by atoms with Crippen LogP contribution >= 0.6 is 15.9 Å². The van der Waals surface area contributed by atoms with Crippen LogP contribution in [0.4, 0.5) is 0 Å². The Balaban J connectivity index is 1.92. The molecule has 0 saturated carbocycles. The number of hydrogen-bond donors (Lipinski definition) is 1. The average Bonchev–Trinajstić information content (AvgIpc) is 2.51. The molecule has 0 aliphatic carbocycles. The van der Waals surface area contributed by atoms with Crippen molar-refractivity contribution < 1.29 is 0 Å². The van der Waals surface area contributed by atoms with Crippen LogP contribution < -0.4 is 5.73 Å². The van der Waals surface area contributed by atoms with Crippen molar-refractivity contribution >= 4 is 15.9 Å². The number of nitrogens with two attached hydrogens (primary N) is 1. The first kappa shape index (κ1) is 16.2. The molecule has 0 bridgehead atoms. The topological polar surface area (TPSA) is 29.3 Å². The number of hydrogen-bond acceptors (Lipinski definition) is 2. The molecule has 0 aromatic heterocycles. The quantitative estimate of drug-likeness (QED) is 0.825. The number of likely N-dealkylation sites (N-methyl/N-ethyl adjacent to an activating group) is 1. The minimum absolute atomic E-state index is 0.400. The summed E-state index contributed by atoms with van der Waals surface area (Å²) in [6.07, 6.45) is 2.16. The second-order valence-corrected chi connectivity index (χ2v) is 6.27. The van der Waals surface area contributed by atoms with Crippen molar-refractivity contribution in [3.05, 3.63) is 70.2 Å². The lowest BCUT2D eigenvalue weighted by Crippen LogP contribution is -2.37. The van der Waals surface area contributed by atoms with Crippen LogP contribution in [-0.4, -0.2) is 24.5 Å². The Bertz CT molecular complexity index is 542. The molecule has 2 rings (SSSR count). The zero-order chi connectivity index (χ0) is 15.1. The summed E-state index contributed by atoms with van der Waals surface area (Å²) >= 11 is 3.61. The summed E-state index contributed by atoms with van der Waals surface area (Å²) in [5.74, 6) is 0. The molecule has 0 spiro atoms. The van der Waals surface area contributed by atoms with E-state index in [0.29, 0.717) is 12.6 Å². The van der Waals surface area contributed by atoms with Gasteiger partial charge in [-0.3, -0.25) is 4.90 Å². The van der Waals surface area contributed by atoms with E-state index in [4.69, 9.17) is 5.73 Å². The highest BCUT2D eigenvalue weighted by atomic mass is 79.9. The summed E-state index contributed by atoms with van der Waals surface area (Å²) in [5.41, 5.74) is 8.66. The van der Waals surface area contributed by atoms with Gasteiger partial charge in [-0.15, -0.1) is 0 Å². The van der Waals surface area contributed by atoms with Crippen molar-refractivity contribution in [2.24, 2.45) is 5.73 Å². The molecule has 1 unspecified atom stereocenters. The van der Waals surface area contributed by atoms with Gasteiger partial charge in [-0.2, -0.15) is 0 Å². The van der Waals surface area contributed by atoms with Crippen molar-refractivity contribution in [1.29, 1.82) is 0 Å². The van der Waals surface area contributed by atoms with Crippen molar-refractivity contribution in [1.82, 2.24) is 4.90 Å². The third-order valence-corrected chi connectivity index (χ3v) is 4.66. The first-order valence-corrected chi connectivity index (χ1v) is 8.17. The fourth-order valence-electron chi connectivity index (χ4n) is 2.52. The van der Waals surface area contributed by atoms with Crippen LogP contribution in [0.1, 0.15) is 17.5 Å². The van der Waals surface area contributed by atoms with Crippen LogP contribution in [0.5, 0.6) is 0 Å². The van der Waals surface area contributed by atoms with Gasteiger partial charge in [0.15, 0.2) is 0 Å². The predicted molar refractivity (Wildman–Crippen MR) is 93.2 cm³/mol. The lowest BCUT2D eigenvalue weighted by molar-refractivity contribution is 0.227. The largest absolute Gasteiger partial charge is 0.329 e. The van der Waals surface area contributed by atoms with E-state index < -0.39 is 0 Å². The summed E-state index contributed by atoms with van der Waals surface area (Å²) < 4.78 is 1.16. The van der Waals surface area contributed by atoms with E-state index in [1.54, 1.807) is 0 Å². The van der Waals surface area contributed by atoms with E-state index in [0.717, 1.165) is 23.9 Å². The normalized spacial score (nSPS) is 12.6. The Labute approximate surface area is 136 Å². The monoisotopic (exact) mass is 346 g/mol. The van der Waals surface area contributed by atoms with E-state index in [-0.39, 0.29) is 0 Å².